The molecule has 1 fully saturated rings. The summed E-state index contributed by atoms with van der Waals surface area (Å²) >= 11 is 0. The van der Waals surface area contributed by atoms with E-state index in [1.54, 1.807) is 0 Å². The number of hydrogen-bond acceptors (Lipinski definition) is 3. The number of nitrogens with zero attached hydrogens (tertiary/aromatic N) is 1. The fourth-order valence-corrected chi connectivity index (χ4v) is 3.09. The summed E-state index contributed by atoms with van der Waals surface area (Å²) in [4.78, 5) is 2.42. The lowest BCUT2D eigenvalue weighted by atomic mass is 10.1. The first kappa shape index (κ1) is 16.3. The van der Waals surface area contributed by atoms with Crippen LogP contribution < -0.4 is 10.1 Å². The summed E-state index contributed by atoms with van der Waals surface area (Å²) in [5.41, 5.74) is 1.25. The number of para-hydroxylation sites is 1. The first-order chi connectivity index (χ1) is 10.3. The van der Waals surface area contributed by atoms with E-state index in [9.17, 15) is 0 Å². The van der Waals surface area contributed by atoms with Gasteiger partial charge in [0, 0.05) is 25.2 Å². The zero-order valence-corrected chi connectivity index (χ0v) is 13.6. The van der Waals surface area contributed by atoms with Crippen molar-refractivity contribution in [3.05, 3.63) is 29.8 Å². The molecule has 0 atom stereocenters. The summed E-state index contributed by atoms with van der Waals surface area (Å²) in [5, 5.41) is 3.36. The van der Waals surface area contributed by atoms with Crippen LogP contribution >= 0.6 is 0 Å². The quantitative estimate of drug-likeness (QED) is 0.755. The number of nitrogens with one attached hydrogen (secondary N) is 1. The van der Waals surface area contributed by atoms with Crippen molar-refractivity contribution < 1.29 is 4.74 Å². The number of ether oxygens (including phenoxy) is 1. The van der Waals surface area contributed by atoms with Gasteiger partial charge in [-0.2, -0.15) is 0 Å². The number of benzene rings is 1. The van der Waals surface area contributed by atoms with Crippen molar-refractivity contribution in [2.45, 2.75) is 39.2 Å². The predicted octanol–water partition coefficient (Wildman–Crippen LogP) is 3.30. The SMILES string of the molecule is CCNCc1ccccc1OCCN(C)CC1CCCC1. The molecule has 1 aromatic carbocycles. The average Bonchev–Trinajstić information content (AvgIpc) is 2.99. The third-order valence-corrected chi connectivity index (χ3v) is 4.31. The monoisotopic (exact) mass is 290 g/mol. The van der Waals surface area contributed by atoms with Gasteiger partial charge in [-0.15, -0.1) is 0 Å². The van der Waals surface area contributed by atoms with Gasteiger partial charge >= 0.3 is 0 Å². The van der Waals surface area contributed by atoms with Gasteiger partial charge < -0.3 is 15.0 Å². The minimum absolute atomic E-state index is 0.770. The van der Waals surface area contributed by atoms with Crippen LogP contribution in [0.5, 0.6) is 5.75 Å². The lowest BCUT2D eigenvalue weighted by Gasteiger charge is -2.21. The maximum atomic E-state index is 5.99. The molecule has 0 unspecified atom stereocenters. The van der Waals surface area contributed by atoms with Gasteiger partial charge in [0.25, 0.3) is 0 Å². The van der Waals surface area contributed by atoms with Crippen molar-refractivity contribution in [1.82, 2.24) is 10.2 Å². The van der Waals surface area contributed by atoms with E-state index < -0.39 is 0 Å². The van der Waals surface area contributed by atoms with Gasteiger partial charge in [0.15, 0.2) is 0 Å². The van der Waals surface area contributed by atoms with Gasteiger partial charge in [0.1, 0.15) is 12.4 Å². The molecule has 0 saturated heterocycles. The molecule has 0 radical (unpaired) electrons. The Kier molecular flexibility index (Phi) is 7.04. The van der Waals surface area contributed by atoms with E-state index in [0.29, 0.717) is 0 Å². The van der Waals surface area contributed by atoms with Gasteiger partial charge in [-0.05, 0) is 38.4 Å². The molecule has 3 nitrogen and oxygen atoms in total. The van der Waals surface area contributed by atoms with Gasteiger partial charge in [0.05, 0.1) is 0 Å². The van der Waals surface area contributed by atoms with Crippen LogP contribution in [0.25, 0.3) is 0 Å². The lowest BCUT2D eigenvalue weighted by Crippen LogP contribution is -2.29. The Morgan fingerprint density at radius 3 is 2.76 bits per heavy atom. The minimum Gasteiger partial charge on any atom is -0.492 e. The van der Waals surface area contributed by atoms with Crippen LogP contribution in [0, 0.1) is 5.92 Å². The van der Waals surface area contributed by atoms with Crippen molar-refractivity contribution in [2.24, 2.45) is 5.92 Å². The van der Waals surface area contributed by atoms with E-state index in [-0.39, 0.29) is 0 Å². The molecule has 118 valence electrons. The zero-order valence-electron chi connectivity index (χ0n) is 13.6. The van der Waals surface area contributed by atoms with Gasteiger partial charge in [-0.1, -0.05) is 38.0 Å². The summed E-state index contributed by atoms with van der Waals surface area (Å²) in [6, 6.07) is 8.34. The van der Waals surface area contributed by atoms with Crippen LogP contribution in [0.1, 0.15) is 38.2 Å². The van der Waals surface area contributed by atoms with E-state index in [1.165, 1.54) is 37.8 Å². The Labute approximate surface area is 129 Å². The summed E-state index contributed by atoms with van der Waals surface area (Å²) in [6.45, 7) is 6.99. The van der Waals surface area contributed by atoms with Crippen LogP contribution in [0.2, 0.25) is 0 Å². The molecule has 2 rings (SSSR count). The largest absolute Gasteiger partial charge is 0.492 e. The molecule has 1 aliphatic carbocycles. The molecule has 1 aromatic rings. The smallest absolute Gasteiger partial charge is 0.123 e. The van der Waals surface area contributed by atoms with E-state index in [4.69, 9.17) is 4.74 Å². The molecule has 0 aromatic heterocycles. The number of rotatable bonds is 9. The van der Waals surface area contributed by atoms with Gasteiger partial charge in [-0.25, -0.2) is 0 Å². The van der Waals surface area contributed by atoms with E-state index in [0.717, 1.165) is 37.9 Å². The molecule has 21 heavy (non-hydrogen) atoms. The average molecular weight is 290 g/mol. The Morgan fingerprint density at radius 2 is 2.00 bits per heavy atom. The lowest BCUT2D eigenvalue weighted by molar-refractivity contribution is 0.214. The molecule has 0 aliphatic heterocycles. The second-order valence-corrected chi connectivity index (χ2v) is 6.15. The molecule has 1 N–H and O–H groups in total. The Morgan fingerprint density at radius 1 is 1.24 bits per heavy atom. The normalized spacial score (nSPS) is 15.8. The summed E-state index contributed by atoms with van der Waals surface area (Å²) < 4.78 is 5.99. The molecular formula is C18H30N2O. The number of hydrogen-bond donors (Lipinski definition) is 1. The van der Waals surface area contributed by atoms with Crippen LogP contribution in [0.4, 0.5) is 0 Å². The Hall–Kier alpha value is -1.06. The third-order valence-electron chi connectivity index (χ3n) is 4.31. The van der Waals surface area contributed by atoms with Crippen LogP contribution in [-0.4, -0.2) is 38.2 Å². The highest BCUT2D eigenvalue weighted by Gasteiger charge is 2.16. The van der Waals surface area contributed by atoms with E-state index >= 15 is 0 Å². The molecular weight excluding hydrogens is 260 g/mol. The minimum atomic E-state index is 0.770. The summed E-state index contributed by atoms with van der Waals surface area (Å²) in [6.07, 6.45) is 5.67. The van der Waals surface area contributed by atoms with Crippen molar-refractivity contribution in [1.29, 1.82) is 0 Å². The first-order valence-corrected chi connectivity index (χ1v) is 8.39. The van der Waals surface area contributed by atoms with Crippen LogP contribution in [0.3, 0.4) is 0 Å². The molecule has 0 heterocycles. The van der Waals surface area contributed by atoms with Gasteiger partial charge in [0.2, 0.25) is 0 Å². The topological polar surface area (TPSA) is 24.5 Å². The first-order valence-electron chi connectivity index (χ1n) is 8.39. The zero-order chi connectivity index (χ0) is 14.9. The summed E-state index contributed by atoms with van der Waals surface area (Å²) in [7, 11) is 2.21. The van der Waals surface area contributed by atoms with Gasteiger partial charge in [-0.3, -0.25) is 0 Å². The Balaban J connectivity index is 1.72. The van der Waals surface area contributed by atoms with Crippen molar-refractivity contribution >= 4 is 0 Å². The summed E-state index contributed by atoms with van der Waals surface area (Å²) in [5.74, 6) is 1.93. The highest BCUT2D eigenvalue weighted by molar-refractivity contribution is 5.33. The highest BCUT2D eigenvalue weighted by atomic mass is 16.5. The number of likely N-dealkylation sites (N-methyl/N-ethyl adjacent to an activating group) is 1. The van der Waals surface area contributed by atoms with E-state index in [1.807, 2.05) is 6.07 Å². The molecule has 1 aliphatic rings. The second-order valence-electron chi connectivity index (χ2n) is 6.15. The molecule has 0 spiro atoms. The molecule has 3 heteroatoms. The predicted molar refractivity (Wildman–Crippen MR) is 88.8 cm³/mol. The van der Waals surface area contributed by atoms with E-state index in [2.05, 4.69) is 42.4 Å². The van der Waals surface area contributed by atoms with Crippen LogP contribution in [0.15, 0.2) is 24.3 Å². The van der Waals surface area contributed by atoms with Crippen LogP contribution in [-0.2, 0) is 6.54 Å². The highest BCUT2D eigenvalue weighted by Crippen LogP contribution is 2.25. The fourth-order valence-electron chi connectivity index (χ4n) is 3.09. The maximum absolute atomic E-state index is 5.99. The second kappa shape index (κ2) is 9.06. The van der Waals surface area contributed by atoms with Crippen molar-refractivity contribution in [3.63, 3.8) is 0 Å². The molecule has 1 saturated carbocycles. The fraction of sp³-hybridized carbons (Fsp3) is 0.667. The van der Waals surface area contributed by atoms with Crippen molar-refractivity contribution in [3.8, 4) is 5.75 Å². The van der Waals surface area contributed by atoms with Crippen molar-refractivity contribution in [2.75, 3.05) is 33.3 Å². The molecule has 0 amide bonds. The third kappa shape index (κ3) is 5.68. The maximum Gasteiger partial charge on any atom is 0.123 e. The Bertz CT molecular complexity index is 402. The molecule has 0 bridgehead atoms. The standard InChI is InChI=1S/C18H30N2O/c1-3-19-14-17-10-6-7-11-18(17)21-13-12-20(2)15-16-8-4-5-9-16/h6-7,10-11,16,19H,3-5,8-9,12-15H2,1-2H3.